The zero-order valence-corrected chi connectivity index (χ0v) is 25.5. The molecule has 0 amide bonds. The van der Waals surface area contributed by atoms with E-state index >= 15 is 0 Å². The number of fused-ring (bicyclic) bond motifs is 1. The van der Waals surface area contributed by atoms with Crippen LogP contribution in [0.25, 0.3) is 79.1 Å². The third-order valence-electron chi connectivity index (χ3n) is 8.01. The predicted octanol–water partition coefficient (Wildman–Crippen LogP) is 8.92. The van der Waals surface area contributed by atoms with E-state index in [1.165, 1.54) is 16.3 Å². The number of pyridine rings is 4. The molecule has 7 nitrogen and oxygen atoms in total. The van der Waals surface area contributed by atoms with E-state index in [4.69, 9.17) is 24.9 Å². The van der Waals surface area contributed by atoms with Crippen LogP contribution in [-0.2, 0) is 0 Å². The molecule has 7 heteroatoms. The molecule has 0 fully saturated rings. The van der Waals surface area contributed by atoms with Crippen molar-refractivity contribution < 1.29 is 0 Å². The van der Waals surface area contributed by atoms with Gasteiger partial charge in [-0.05, 0) is 89.0 Å². The lowest BCUT2D eigenvalue weighted by molar-refractivity contribution is 1.04. The third kappa shape index (κ3) is 5.62. The van der Waals surface area contributed by atoms with E-state index in [2.05, 4.69) is 77.6 Å². The molecule has 0 saturated carbocycles. The Morgan fingerprint density at radius 1 is 0.383 bits per heavy atom. The molecule has 47 heavy (non-hydrogen) atoms. The first kappa shape index (κ1) is 28.0. The van der Waals surface area contributed by atoms with E-state index < -0.39 is 0 Å². The lowest BCUT2D eigenvalue weighted by Crippen LogP contribution is -2.03. The summed E-state index contributed by atoms with van der Waals surface area (Å²) in [5.74, 6) is 1.43. The van der Waals surface area contributed by atoms with Gasteiger partial charge in [0.05, 0.1) is 22.8 Å². The van der Waals surface area contributed by atoms with Crippen molar-refractivity contribution in [3.63, 3.8) is 0 Å². The molecule has 8 aromatic rings. The van der Waals surface area contributed by atoms with Crippen LogP contribution < -0.4 is 0 Å². The number of hydrogen-bond acceptors (Lipinski definition) is 7. The Hall–Kier alpha value is -6.47. The minimum absolute atomic E-state index is 0.448. The molecule has 222 valence electrons. The quantitative estimate of drug-likeness (QED) is 0.187. The highest BCUT2D eigenvalue weighted by Crippen LogP contribution is 2.33. The van der Waals surface area contributed by atoms with Gasteiger partial charge in [0.1, 0.15) is 11.4 Å². The van der Waals surface area contributed by atoms with Crippen LogP contribution in [0, 0.1) is 6.92 Å². The molecule has 0 atom stereocenters. The minimum Gasteiger partial charge on any atom is -0.255 e. The maximum Gasteiger partial charge on any atom is 0.182 e. The molecule has 5 aromatic heterocycles. The van der Waals surface area contributed by atoms with E-state index in [0.717, 1.165) is 39.5 Å². The molecule has 0 aliphatic heterocycles. The molecule has 0 spiro atoms. The molecular formula is C40H27N7. The summed E-state index contributed by atoms with van der Waals surface area (Å²) >= 11 is 0. The van der Waals surface area contributed by atoms with Crippen molar-refractivity contribution in [2.75, 3.05) is 0 Å². The SMILES string of the molecule is Cc1cc(-c2nc(-c3cccc(-c4ccccn4)n3)nc(-c3cccc(-c4ccccn4)n3)n2)ccc1-c1cccc2ccccc12. The molecule has 0 N–H and O–H groups in total. The van der Waals surface area contributed by atoms with E-state index in [-0.39, 0.29) is 0 Å². The zero-order valence-electron chi connectivity index (χ0n) is 25.5. The topological polar surface area (TPSA) is 90.2 Å². The fourth-order valence-electron chi connectivity index (χ4n) is 5.73. The maximum atomic E-state index is 4.96. The van der Waals surface area contributed by atoms with Gasteiger partial charge in [-0.2, -0.15) is 0 Å². The second-order valence-electron chi connectivity index (χ2n) is 11.1. The molecule has 5 heterocycles. The van der Waals surface area contributed by atoms with Gasteiger partial charge in [0, 0.05) is 18.0 Å². The van der Waals surface area contributed by atoms with Crippen LogP contribution in [0.4, 0.5) is 0 Å². The Morgan fingerprint density at radius 2 is 0.915 bits per heavy atom. The summed E-state index contributed by atoms with van der Waals surface area (Å²) in [6.45, 7) is 2.12. The summed E-state index contributed by atoms with van der Waals surface area (Å²) in [5.41, 5.74) is 8.58. The first-order valence-corrected chi connectivity index (χ1v) is 15.3. The van der Waals surface area contributed by atoms with Crippen molar-refractivity contribution in [3.05, 3.63) is 151 Å². The van der Waals surface area contributed by atoms with Gasteiger partial charge in [0.15, 0.2) is 17.5 Å². The fraction of sp³-hybridized carbons (Fsp3) is 0.0250. The van der Waals surface area contributed by atoms with Crippen molar-refractivity contribution >= 4 is 10.8 Å². The summed E-state index contributed by atoms with van der Waals surface area (Å²) in [4.78, 5) is 33.6. The highest BCUT2D eigenvalue weighted by molar-refractivity contribution is 5.97. The van der Waals surface area contributed by atoms with Crippen LogP contribution in [0.2, 0.25) is 0 Å². The van der Waals surface area contributed by atoms with Gasteiger partial charge in [-0.25, -0.2) is 24.9 Å². The van der Waals surface area contributed by atoms with Gasteiger partial charge in [-0.1, -0.05) is 78.9 Å². The minimum atomic E-state index is 0.448. The van der Waals surface area contributed by atoms with Crippen LogP contribution in [0.1, 0.15) is 5.56 Å². The van der Waals surface area contributed by atoms with Gasteiger partial charge in [0.25, 0.3) is 0 Å². The van der Waals surface area contributed by atoms with Gasteiger partial charge in [-0.3, -0.25) is 9.97 Å². The van der Waals surface area contributed by atoms with E-state index in [1.807, 2.05) is 72.8 Å². The lowest BCUT2D eigenvalue weighted by atomic mass is 9.94. The third-order valence-corrected chi connectivity index (χ3v) is 8.01. The van der Waals surface area contributed by atoms with Gasteiger partial charge < -0.3 is 0 Å². The smallest absolute Gasteiger partial charge is 0.182 e. The van der Waals surface area contributed by atoms with Gasteiger partial charge in [0.2, 0.25) is 0 Å². The van der Waals surface area contributed by atoms with E-state index in [0.29, 0.717) is 28.9 Å². The molecule has 3 aromatic carbocycles. The molecule has 0 bridgehead atoms. The Kier molecular flexibility index (Phi) is 7.24. The van der Waals surface area contributed by atoms with Crippen LogP contribution >= 0.6 is 0 Å². The largest absolute Gasteiger partial charge is 0.255 e. The van der Waals surface area contributed by atoms with Crippen molar-refractivity contribution in [1.29, 1.82) is 0 Å². The van der Waals surface area contributed by atoms with Crippen molar-refractivity contribution in [3.8, 4) is 68.3 Å². The van der Waals surface area contributed by atoms with Crippen molar-refractivity contribution in [2.24, 2.45) is 0 Å². The highest BCUT2D eigenvalue weighted by Gasteiger charge is 2.17. The standard InChI is InChI=1S/C40H27N7/c1-26-25-28(21-22-29(26)31-14-8-12-27-11-2-3-13-30(27)31)38-45-39(36-19-9-17-34(43-36)32-15-4-6-23-41-32)47-40(46-38)37-20-10-18-35(44-37)33-16-5-7-24-42-33/h2-25H,1H3. The Morgan fingerprint density at radius 3 is 1.53 bits per heavy atom. The molecule has 0 radical (unpaired) electrons. The first-order valence-electron chi connectivity index (χ1n) is 15.3. The average Bonchev–Trinajstić information content (AvgIpc) is 3.15. The van der Waals surface area contributed by atoms with E-state index in [1.54, 1.807) is 12.4 Å². The number of aromatic nitrogens is 7. The fourth-order valence-corrected chi connectivity index (χ4v) is 5.73. The summed E-state index contributed by atoms with van der Waals surface area (Å²) in [6, 6.07) is 44.3. The van der Waals surface area contributed by atoms with Crippen LogP contribution in [0.5, 0.6) is 0 Å². The number of hydrogen-bond donors (Lipinski definition) is 0. The van der Waals surface area contributed by atoms with E-state index in [9.17, 15) is 0 Å². The Labute approximate surface area is 271 Å². The normalized spacial score (nSPS) is 11.1. The van der Waals surface area contributed by atoms with Gasteiger partial charge in [-0.15, -0.1) is 0 Å². The maximum absolute atomic E-state index is 4.96. The zero-order chi connectivity index (χ0) is 31.6. The summed E-state index contributed by atoms with van der Waals surface area (Å²) < 4.78 is 0. The molecule has 0 saturated heterocycles. The average molecular weight is 606 g/mol. The summed E-state index contributed by atoms with van der Waals surface area (Å²) in [6.07, 6.45) is 3.51. The van der Waals surface area contributed by atoms with Crippen molar-refractivity contribution in [2.45, 2.75) is 6.92 Å². The van der Waals surface area contributed by atoms with Crippen LogP contribution in [0.3, 0.4) is 0 Å². The van der Waals surface area contributed by atoms with Crippen molar-refractivity contribution in [1.82, 2.24) is 34.9 Å². The monoisotopic (exact) mass is 605 g/mol. The Bertz CT molecular complexity index is 2270. The highest BCUT2D eigenvalue weighted by atomic mass is 15.1. The second kappa shape index (κ2) is 12.1. The lowest BCUT2D eigenvalue weighted by Gasteiger charge is -2.13. The van der Waals surface area contributed by atoms with Crippen LogP contribution in [-0.4, -0.2) is 34.9 Å². The molecule has 0 aliphatic rings. The van der Waals surface area contributed by atoms with Crippen LogP contribution in [0.15, 0.2) is 146 Å². The molecule has 0 aliphatic carbocycles. The predicted molar refractivity (Wildman–Crippen MR) is 186 cm³/mol. The summed E-state index contributed by atoms with van der Waals surface area (Å²) in [5, 5.41) is 2.43. The first-order chi connectivity index (χ1) is 23.2. The number of aryl methyl sites for hydroxylation is 1. The Balaban J connectivity index is 1.27. The number of rotatable bonds is 6. The molecular weight excluding hydrogens is 578 g/mol. The van der Waals surface area contributed by atoms with Gasteiger partial charge >= 0.3 is 0 Å². The molecule has 8 rings (SSSR count). The number of nitrogens with zero attached hydrogens (tertiary/aromatic N) is 7. The second-order valence-corrected chi connectivity index (χ2v) is 11.1. The molecule has 0 unspecified atom stereocenters. The number of benzene rings is 3. The summed E-state index contributed by atoms with van der Waals surface area (Å²) in [7, 11) is 0.